The molecule has 0 amide bonds. The molecule has 2 saturated carbocycles. The molecule has 0 bridgehead atoms. The lowest BCUT2D eigenvalue weighted by Crippen LogP contribution is -2.29. The van der Waals surface area contributed by atoms with Crippen LogP contribution >= 0.6 is 0 Å². The summed E-state index contributed by atoms with van der Waals surface area (Å²) in [5, 5.41) is 0.878. The molecule has 2 aliphatic carbocycles. The van der Waals surface area contributed by atoms with Crippen molar-refractivity contribution in [3.05, 3.63) is 59.2 Å². The molecule has 150 valence electrons. The van der Waals surface area contributed by atoms with E-state index in [0.29, 0.717) is 5.39 Å². The molecule has 2 heteroatoms. The quantitative estimate of drug-likeness (QED) is 0.471. The van der Waals surface area contributed by atoms with Crippen molar-refractivity contribution in [2.24, 2.45) is 17.8 Å². The summed E-state index contributed by atoms with van der Waals surface area (Å²) in [6.45, 7) is 4.35. The van der Waals surface area contributed by atoms with Gasteiger partial charge in [0.2, 0.25) is 0 Å². The van der Waals surface area contributed by atoms with E-state index in [4.69, 9.17) is 0 Å². The lowest BCUT2D eigenvalue weighted by atomic mass is 9.64. The molecule has 0 heterocycles. The summed E-state index contributed by atoms with van der Waals surface area (Å²) in [7, 11) is 0. The van der Waals surface area contributed by atoms with Crippen LogP contribution in [0.25, 0.3) is 10.8 Å². The first-order chi connectivity index (χ1) is 13.6. The smallest absolute Gasteiger partial charge is 0.137 e. The van der Waals surface area contributed by atoms with Gasteiger partial charge in [0.15, 0.2) is 0 Å². The minimum atomic E-state index is -0.410. The number of halogens is 2. The monoisotopic (exact) mass is 382 g/mol. The van der Waals surface area contributed by atoms with Gasteiger partial charge in [-0.2, -0.15) is 0 Å². The van der Waals surface area contributed by atoms with Crippen LogP contribution in [-0.2, 0) is 6.42 Å². The highest BCUT2D eigenvalue weighted by Crippen LogP contribution is 2.48. The molecule has 2 aromatic carbocycles. The Kier molecular flexibility index (Phi) is 5.85. The van der Waals surface area contributed by atoms with Crippen molar-refractivity contribution in [3.63, 3.8) is 0 Å². The molecule has 4 atom stereocenters. The second-order valence-corrected chi connectivity index (χ2v) is 9.20. The maximum absolute atomic E-state index is 15.4. The molecular weight excluding hydrogens is 350 g/mol. The molecule has 2 aliphatic rings. The van der Waals surface area contributed by atoms with Gasteiger partial charge in [0.1, 0.15) is 11.6 Å². The number of rotatable bonds is 4. The van der Waals surface area contributed by atoms with Gasteiger partial charge in [0.05, 0.1) is 5.39 Å². The zero-order valence-electron chi connectivity index (χ0n) is 17.2. The SMILES string of the molecule is C/C=C/CCc1cc(F)c2c(F)c(C3CCC4CC(C)CCC4C3)ccc2c1. The molecular formula is C26H32F2. The van der Waals surface area contributed by atoms with E-state index in [1.165, 1.54) is 31.7 Å². The Hall–Kier alpha value is -1.70. The number of aryl methyl sites for hydroxylation is 1. The van der Waals surface area contributed by atoms with Crippen LogP contribution in [0.5, 0.6) is 0 Å². The second kappa shape index (κ2) is 8.35. The van der Waals surface area contributed by atoms with Crippen LogP contribution in [0.15, 0.2) is 36.4 Å². The van der Waals surface area contributed by atoms with Gasteiger partial charge >= 0.3 is 0 Å². The Labute approximate surface area is 168 Å². The summed E-state index contributed by atoms with van der Waals surface area (Å²) < 4.78 is 30.2. The third-order valence-electron chi connectivity index (χ3n) is 7.25. The Balaban J connectivity index is 1.59. The zero-order chi connectivity index (χ0) is 19.7. The summed E-state index contributed by atoms with van der Waals surface area (Å²) >= 11 is 0. The van der Waals surface area contributed by atoms with Crippen molar-refractivity contribution < 1.29 is 8.78 Å². The number of allylic oxidation sites excluding steroid dienone is 2. The Morgan fingerprint density at radius 1 is 1.00 bits per heavy atom. The normalized spacial score (nSPS) is 28.0. The van der Waals surface area contributed by atoms with Crippen LogP contribution in [0.2, 0.25) is 0 Å². The van der Waals surface area contributed by atoms with Crippen LogP contribution in [0.1, 0.15) is 75.8 Å². The summed E-state index contributed by atoms with van der Waals surface area (Å²) in [5.41, 5.74) is 1.68. The lowest BCUT2D eigenvalue weighted by Gasteiger charge is -2.41. The molecule has 0 radical (unpaired) electrons. The van der Waals surface area contributed by atoms with E-state index in [1.807, 2.05) is 31.2 Å². The lowest BCUT2D eigenvalue weighted by molar-refractivity contribution is 0.124. The van der Waals surface area contributed by atoms with Gasteiger partial charge < -0.3 is 0 Å². The predicted octanol–water partition coefficient (Wildman–Crippen LogP) is 7.95. The number of hydrogen-bond donors (Lipinski definition) is 0. The fourth-order valence-corrected chi connectivity index (χ4v) is 5.73. The largest absolute Gasteiger partial charge is 0.206 e. The third-order valence-corrected chi connectivity index (χ3v) is 7.25. The summed E-state index contributed by atoms with van der Waals surface area (Å²) in [6.07, 6.45) is 13.0. The second-order valence-electron chi connectivity index (χ2n) is 9.20. The Bertz CT molecular complexity index is 866. The van der Waals surface area contributed by atoms with Crippen molar-refractivity contribution >= 4 is 10.8 Å². The van der Waals surface area contributed by atoms with Crippen molar-refractivity contribution in [1.29, 1.82) is 0 Å². The average molecular weight is 383 g/mol. The van der Waals surface area contributed by atoms with E-state index in [9.17, 15) is 4.39 Å². The van der Waals surface area contributed by atoms with Gasteiger partial charge in [-0.25, -0.2) is 8.78 Å². The third kappa shape index (κ3) is 3.88. The fraction of sp³-hybridized carbons (Fsp3) is 0.538. The summed E-state index contributed by atoms with van der Waals surface area (Å²) in [4.78, 5) is 0. The summed E-state index contributed by atoms with van der Waals surface area (Å²) in [5.74, 6) is 1.90. The van der Waals surface area contributed by atoms with E-state index in [1.54, 1.807) is 0 Å². The van der Waals surface area contributed by atoms with Crippen LogP contribution in [0.4, 0.5) is 8.78 Å². The van der Waals surface area contributed by atoms with E-state index in [2.05, 4.69) is 13.0 Å². The van der Waals surface area contributed by atoms with E-state index < -0.39 is 5.82 Å². The fourth-order valence-electron chi connectivity index (χ4n) is 5.73. The number of fused-ring (bicyclic) bond motifs is 2. The highest BCUT2D eigenvalue weighted by molar-refractivity contribution is 5.85. The van der Waals surface area contributed by atoms with E-state index in [0.717, 1.165) is 54.6 Å². The molecule has 2 fully saturated rings. The molecule has 2 aromatic rings. The van der Waals surface area contributed by atoms with Crippen LogP contribution in [0.3, 0.4) is 0 Å². The first-order valence-corrected chi connectivity index (χ1v) is 11.1. The molecule has 0 saturated heterocycles. The molecule has 0 spiro atoms. The Morgan fingerprint density at radius 2 is 1.79 bits per heavy atom. The van der Waals surface area contributed by atoms with Gasteiger partial charge in [-0.05, 0) is 98.1 Å². The first-order valence-electron chi connectivity index (χ1n) is 11.1. The maximum Gasteiger partial charge on any atom is 0.137 e. The standard InChI is InChI=1S/C26H32F2/c1-3-4-5-6-18-14-22-11-12-23(26(28)25(22)24(27)15-18)21-10-9-19-13-17(2)7-8-20(19)16-21/h3-4,11-12,14-15,17,19-21H,5-10,13,16H2,1-2H3/b4-3+. The van der Waals surface area contributed by atoms with Crippen molar-refractivity contribution in [2.45, 2.75) is 71.1 Å². The van der Waals surface area contributed by atoms with Crippen molar-refractivity contribution in [1.82, 2.24) is 0 Å². The van der Waals surface area contributed by atoms with Gasteiger partial charge in [-0.1, -0.05) is 43.7 Å². The minimum Gasteiger partial charge on any atom is -0.206 e. The van der Waals surface area contributed by atoms with Crippen molar-refractivity contribution in [2.75, 3.05) is 0 Å². The van der Waals surface area contributed by atoms with Gasteiger partial charge in [0, 0.05) is 0 Å². The molecule has 0 aliphatic heterocycles. The van der Waals surface area contributed by atoms with Gasteiger partial charge in [0.25, 0.3) is 0 Å². The van der Waals surface area contributed by atoms with Crippen LogP contribution in [-0.4, -0.2) is 0 Å². The molecule has 28 heavy (non-hydrogen) atoms. The Morgan fingerprint density at radius 3 is 2.61 bits per heavy atom. The molecule has 4 unspecified atom stereocenters. The topological polar surface area (TPSA) is 0 Å². The first kappa shape index (κ1) is 19.6. The average Bonchev–Trinajstić information content (AvgIpc) is 2.68. The highest BCUT2D eigenvalue weighted by atomic mass is 19.1. The number of hydrogen-bond acceptors (Lipinski definition) is 0. The molecule has 4 rings (SSSR count). The highest BCUT2D eigenvalue weighted by Gasteiger charge is 2.35. The maximum atomic E-state index is 15.4. The van der Waals surface area contributed by atoms with Crippen LogP contribution < -0.4 is 0 Å². The molecule has 0 nitrogen and oxygen atoms in total. The predicted molar refractivity (Wildman–Crippen MR) is 114 cm³/mol. The van der Waals surface area contributed by atoms with Gasteiger partial charge in [-0.15, -0.1) is 0 Å². The zero-order valence-corrected chi connectivity index (χ0v) is 17.2. The van der Waals surface area contributed by atoms with Crippen LogP contribution in [0, 0.1) is 29.4 Å². The van der Waals surface area contributed by atoms with Gasteiger partial charge in [-0.3, -0.25) is 0 Å². The van der Waals surface area contributed by atoms with Crippen molar-refractivity contribution in [3.8, 4) is 0 Å². The van der Waals surface area contributed by atoms with E-state index in [-0.39, 0.29) is 17.1 Å². The summed E-state index contributed by atoms with van der Waals surface area (Å²) in [6, 6.07) is 7.35. The van der Waals surface area contributed by atoms with E-state index >= 15 is 4.39 Å². The number of benzene rings is 2. The molecule has 0 N–H and O–H groups in total. The molecule has 0 aromatic heterocycles. The minimum absolute atomic E-state index is 0.187.